The highest BCUT2D eigenvalue weighted by Crippen LogP contribution is 2.11. The van der Waals surface area contributed by atoms with Crippen molar-refractivity contribution in [3.8, 4) is 0 Å². The van der Waals surface area contributed by atoms with E-state index in [2.05, 4.69) is 20.9 Å². The number of rotatable bonds is 4. The fraction of sp³-hybridized carbons (Fsp3) is 0.727. The van der Waals surface area contributed by atoms with Crippen LogP contribution in [0.5, 0.6) is 0 Å². The molecule has 2 N–H and O–H groups in total. The lowest BCUT2D eigenvalue weighted by Gasteiger charge is -2.26. The Labute approximate surface area is 105 Å². The Morgan fingerprint density at radius 3 is 3.17 bits per heavy atom. The molecule has 3 heterocycles. The number of carbonyl (C=O) groups excluding carboxylic acids is 1. The molecule has 2 aliphatic rings. The number of carbonyl (C=O) groups is 1. The van der Waals surface area contributed by atoms with E-state index < -0.39 is 0 Å². The van der Waals surface area contributed by atoms with Gasteiger partial charge in [-0.25, -0.2) is 4.68 Å². The van der Waals surface area contributed by atoms with Crippen LogP contribution >= 0.6 is 0 Å². The van der Waals surface area contributed by atoms with Gasteiger partial charge in [-0.2, -0.15) is 0 Å². The maximum Gasteiger partial charge on any atom is 0.273 e. The molecule has 3 rings (SSSR count). The Morgan fingerprint density at radius 1 is 1.61 bits per heavy atom. The third-order valence-electron chi connectivity index (χ3n) is 3.39. The van der Waals surface area contributed by atoms with Crippen molar-refractivity contribution >= 4 is 5.91 Å². The average molecular weight is 251 g/mol. The topological polar surface area (TPSA) is 81.1 Å². The molecular weight excluding hydrogens is 234 g/mol. The van der Waals surface area contributed by atoms with Gasteiger partial charge in [-0.15, -0.1) is 5.10 Å². The van der Waals surface area contributed by atoms with Gasteiger partial charge in [0, 0.05) is 26.2 Å². The van der Waals surface area contributed by atoms with E-state index in [1.165, 1.54) is 0 Å². The van der Waals surface area contributed by atoms with E-state index in [-0.39, 0.29) is 12.0 Å². The SMILES string of the molecule is O=C(NCC1CCCO1)c1cn(C2CNC2)nn1. The van der Waals surface area contributed by atoms with E-state index in [0.29, 0.717) is 18.3 Å². The third kappa shape index (κ3) is 2.37. The van der Waals surface area contributed by atoms with Gasteiger partial charge in [0.2, 0.25) is 0 Å². The predicted molar refractivity (Wildman–Crippen MR) is 63.2 cm³/mol. The van der Waals surface area contributed by atoms with Gasteiger partial charge in [-0.1, -0.05) is 5.21 Å². The van der Waals surface area contributed by atoms with Crippen LogP contribution < -0.4 is 10.6 Å². The number of aromatic nitrogens is 3. The van der Waals surface area contributed by atoms with Crippen molar-refractivity contribution in [2.45, 2.75) is 25.0 Å². The summed E-state index contributed by atoms with van der Waals surface area (Å²) in [5.74, 6) is -0.177. The summed E-state index contributed by atoms with van der Waals surface area (Å²) in [5.41, 5.74) is 0.375. The van der Waals surface area contributed by atoms with Gasteiger partial charge in [-0.05, 0) is 12.8 Å². The van der Waals surface area contributed by atoms with Gasteiger partial charge in [0.05, 0.1) is 18.3 Å². The smallest absolute Gasteiger partial charge is 0.273 e. The van der Waals surface area contributed by atoms with Crippen molar-refractivity contribution in [2.24, 2.45) is 0 Å². The molecule has 2 fully saturated rings. The molecule has 1 amide bonds. The van der Waals surface area contributed by atoms with Crippen LogP contribution in [0, 0.1) is 0 Å². The van der Waals surface area contributed by atoms with Crippen molar-refractivity contribution in [2.75, 3.05) is 26.2 Å². The summed E-state index contributed by atoms with van der Waals surface area (Å²) in [6.07, 6.45) is 3.95. The Bertz CT molecular complexity index is 423. The number of ether oxygens (including phenoxy) is 1. The van der Waals surface area contributed by atoms with Crippen molar-refractivity contribution in [1.82, 2.24) is 25.6 Å². The molecule has 0 radical (unpaired) electrons. The first-order chi connectivity index (χ1) is 8.83. The predicted octanol–water partition coefficient (Wildman–Crippen LogP) is -0.669. The molecular formula is C11H17N5O2. The number of hydrogen-bond acceptors (Lipinski definition) is 5. The second-order valence-corrected chi connectivity index (χ2v) is 4.74. The molecule has 0 bridgehead atoms. The van der Waals surface area contributed by atoms with Crippen LogP contribution in [0.4, 0.5) is 0 Å². The first-order valence-electron chi connectivity index (χ1n) is 6.35. The zero-order chi connectivity index (χ0) is 12.4. The molecule has 2 saturated heterocycles. The van der Waals surface area contributed by atoms with Gasteiger partial charge < -0.3 is 15.4 Å². The summed E-state index contributed by atoms with van der Waals surface area (Å²) in [4.78, 5) is 11.8. The van der Waals surface area contributed by atoms with E-state index in [0.717, 1.165) is 32.5 Å². The van der Waals surface area contributed by atoms with E-state index in [1.807, 2.05) is 0 Å². The monoisotopic (exact) mass is 251 g/mol. The van der Waals surface area contributed by atoms with Crippen LogP contribution in [-0.2, 0) is 4.74 Å². The Morgan fingerprint density at radius 2 is 2.50 bits per heavy atom. The minimum atomic E-state index is -0.177. The normalized spacial score (nSPS) is 23.9. The molecule has 7 nitrogen and oxygen atoms in total. The van der Waals surface area contributed by atoms with Crippen LogP contribution in [0.3, 0.4) is 0 Å². The van der Waals surface area contributed by atoms with Gasteiger partial charge in [0.25, 0.3) is 5.91 Å². The average Bonchev–Trinajstić information content (AvgIpc) is 2.94. The van der Waals surface area contributed by atoms with Gasteiger partial charge in [0.15, 0.2) is 5.69 Å². The number of nitrogens with zero attached hydrogens (tertiary/aromatic N) is 3. The minimum absolute atomic E-state index is 0.153. The summed E-state index contributed by atoms with van der Waals surface area (Å²) in [7, 11) is 0. The fourth-order valence-corrected chi connectivity index (χ4v) is 2.12. The minimum Gasteiger partial charge on any atom is -0.376 e. The first-order valence-corrected chi connectivity index (χ1v) is 6.35. The fourth-order valence-electron chi connectivity index (χ4n) is 2.12. The van der Waals surface area contributed by atoms with Gasteiger partial charge >= 0.3 is 0 Å². The summed E-state index contributed by atoms with van der Waals surface area (Å²) >= 11 is 0. The molecule has 7 heteroatoms. The molecule has 1 aromatic rings. The maximum atomic E-state index is 11.8. The van der Waals surface area contributed by atoms with Crippen molar-refractivity contribution < 1.29 is 9.53 Å². The second-order valence-electron chi connectivity index (χ2n) is 4.74. The number of hydrogen-bond donors (Lipinski definition) is 2. The lowest BCUT2D eigenvalue weighted by Crippen LogP contribution is -2.43. The standard InChI is InChI=1S/C11H17N5O2/c17-11(13-6-9-2-1-3-18-9)10-7-16(15-14-10)8-4-12-5-8/h7-9,12H,1-6H2,(H,13,17). The lowest BCUT2D eigenvalue weighted by molar-refractivity contribution is 0.0853. The second kappa shape index (κ2) is 5.03. The van der Waals surface area contributed by atoms with Gasteiger partial charge in [-0.3, -0.25) is 4.79 Å². The van der Waals surface area contributed by atoms with Crippen LogP contribution in [0.2, 0.25) is 0 Å². The number of amides is 1. The van der Waals surface area contributed by atoms with E-state index >= 15 is 0 Å². The lowest BCUT2D eigenvalue weighted by atomic mass is 10.2. The molecule has 2 aliphatic heterocycles. The summed E-state index contributed by atoms with van der Waals surface area (Å²) in [6, 6.07) is 0.331. The highest BCUT2D eigenvalue weighted by Gasteiger charge is 2.22. The molecule has 0 aromatic carbocycles. The molecule has 1 atom stereocenters. The van der Waals surface area contributed by atoms with Crippen LogP contribution in [0.25, 0.3) is 0 Å². The number of nitrogens with one attached hydrogen (secondary N) is 2. The molecule has 0 spiro atoms. The zero-order valence-corrected chi connectivity index (χ0v) is 10.1. The van der Waals surface area contributed by atoms with E-state index in [4.69, 9.17) is 4.74 Å². The Balaban J connectivity index is 1.52. The quantitative estimate of drug-likeness (QED) is 0.742. The third-order valence-corrected chi connectivity index (χ3v) is 3.39. The zero-order valence-electron chi connectivity index (χ0n) is 10.1. The Hall–Kier alpha value is -1.47. The van der Waals surface area contributed by atoms with Crippen LogP contribution in [0.1, 0.15) is 29.4 Å². The van der Waals surface area contributed by atoms with Crippen molar-refractivity contribution in [3.63, 3.8) is 0 Å². The van der Waals surface area contributed by atoms with Crippen molar-refractivity contribution in [1.29, 1.82) is 0 Å². The Kier molecular flexibility index (Phi) is 3.24. The van der Waals surface area contributed by atoms with Gasteiger partial charge in [0.1, 0.15) is 0 Å². The first kappa shape index (κ1) is 11.6. The van der Waals surface area contributed by atoms with Crippen LogP contribution in [-0.4, -0.2) is 53.2 Å². The molecule has 98 valence electrons. The largest absolute Gasteiger partial charge is 0.376 e. The molecule has 18 heavy (non-hydrogen) atoms. The van der Waals surface area contributed by atoms with Crippen LogP contribution in [0.15, 0.2) is 6.20 Å². The van der Waals surface area contributed by atoms with Crippen molar-refractivity contribution in [3.05, 3.63) is 11.9 Å². The molecule has 1 aromatic heterocycles. The highest BCUT2D eigenvalue weighted by molar-refractivity contribution is 5.91. The summed E-state index contributed by atoms with van der Waals surface area (Å²) < 4.78 is 7.19. The molecule has 1 unspecified atom stereocenters. The highest BCUT2D eigenvalue weighted by atomic mass is 16.5. The summed E-state index contributed by atoms with van der Waals surface area (Å²) in [5, 5.41) is 13.9. The molecule has 0 aliphatic carbocycles. The van der Waals surface area contributed by atoms with E-state index in [1.54, 1.807) is 10.9 Å². The van der Waals surface area contributed by atoms with E-state index in [9.17, 15) is 4.79 Å². The molecule has 0 saturated carbocycles. The maximum absolute atomic E-state index is 11.8. The summed E-state index contributed by atoms with van der Waals surface area (Å²) in [6.45, 7) is 3.13.